The number of nitrogens with zero attached hydrogens (tertiary/aromatic N) is 3. The lowest BCUT2D eigenvalue weighted by molar-refractivity contribution is -0.119. The number of likely N-dealkylation sites (N-methyl/N-ethyl adjacent to an activating group) is 1. The monoisotopic (exact) mass is 458 g/mol. The molecule has 2 aromatic carbocycles. The smallest absolute Gasteiger partial charge is 0.264 e. The summed E-state index contributed by atoms with van der Waals surface area (Å²) in [6, 6.07) is 13.9. The lowest BCUT2D eigenvalue weighted by Crippen LogP contribution is -2.45. The molecule has 1 heterocycles. The number of rotatable bonds is 9. The van der Waals surface area contributed by atoms with Gasteiger partial charge in [0.1, 0.15) is 6.54 Å². The zero-order valence-corrected chi connectivity index (χ0v) is 20.1. The normalized spacial score (nSPS) is 15.5. The predicted octanol–water partition coefficient (Wildman–Crippen LogP) is 2.25. The number of benzene rings is 2. The second kappa shape index (κ2) is 10.9. The summed E-state index contributed by atoms with van der Waals surface area (Å²) in [5, 5.41) is 2.89. The Morgan fingerprint density at radius 3 is 2.09 bits per heavy atom. The van der Waals surface area contributed by atoms with Crippen LogP contribution in [0.25, 0.3) is 0 Å². The van der Waals surface area contributed by atoms with Crippen LogP contribution in [-0.4, -0.2) is 77.0 Å². The fourth-order valence-electron chi connectivity index (χ4n) is 3.65. The van der Waals surface area contributed by atoms with E-state index in [0.717, 1.165) is 50.3 Å². The first-order valence-corrected chi connectivity index (χ1v) is 12.5. The highest BCUT2D eigenvalue weighted by Gasteiger charge is 2.27. The van der Waals surface area contributed by atoms with Gasteiger partial charge in [-0.3, -0.25) is 9.10 Å². The van der Waals surface area contributed by atoms with E-state index in [-0.39, 0.29) is 17.3 Å². The van der Waals surface area contributed by atoms with Crippen LogP contribution >= 0.6 is 0 Å². The molecule has 1 aliphatic rings. The lowest BCUT2D eigenvalue weighted by atomic mass is 10.2. The molecule has 0 radical (unpaired) electrons. The fourth-order valence-corrected chi connectivity index (χ4v) is 5.07. The third kappa shape index (κ3) is 6.54. The largest absolute Gasteiger partial charge is 0.354 e. The van der Waals surface area contributed by atoms with Crippen molar-refractivity contribution in [3.8, 4) is 0 Å². The van der Waals surface area contributed by atoms with Gasteiger partial charge >= 0.3 is 0 Å². The summed E-state index contributed by atoms with van der Waals surface area (Å²) < 4.78 is 27.9. The standard InChI is InChI=1S/C24H34N4O3S/c1-20-5-9-22(10-6-20)28(32(30,31)23-11-7-21(2)8-12-23)19-24(29)25-13-4-14-27-17-15-26(3)16-18-27/h5-12H,4,13-19H2,1-3H3,(H,25,29). The van der Waals surface area contributed by atoms with Gasteiger partial charge in [-0.15, -0.1) is 0 Å². The highest BCUT2D eigenvalue weighted by Crippen LogP contribution is 2.24. The molecule has 1 aliphatic heterocycles. The molecule has 1 saturated heterocycles. The maximum atomic E-state index is 13.4. The Morgan fingerprint density at radius 1 is 0.938 bits per heavy atom. The van der Waals surface area contributed by atoms with Gasteiger partial charge in [0.2, 0.25) is 5.91 Å². The van der Waals surface area contributed by atoms with Crippen LogP contribution in [-0.2, 0) is 14.8 Å². The second-order valence-electron chi connectivity index (χ2n) is 8.51. The van der Waals surface area contributed by atoms with Gasteiger partial charge in [-0.05, 0) is 58.1 Å². The van der Waals surface area contributed by atoms with Gasteiger partial charge < -0.3 is 15.1 Å². The van der Waals surface area contributed by atoms with Crippen molar-refractivity contribution in [2.75, 3.05) is 57.2 Å². The van der Waals surface area contributed by atoms with Crippen LogP contribution in [0.3, 0.4) is 0 Å². The van der Waals surface area contributed by atoms with Crippen molar-refractivity contribution in [3.63, 3.8) is 0 Å². The molecule has 1 fully saturated rings. The van der Waals surface area contributed by atoms with Crippen LogP contribution in [0.1, 0.15) is 17.5 Å². The summed E-state index contributed by atoms with van der Waals surface area (Å²) >= 11 is 0. The number of hydrogen-bond acceptors (Lipinski definition) is 5. The van der Waals surface area contributed by atoms with E-state index in [2.05, 4.69) is 22.2 Å². The zero-order valence-electron chi connectivity index (χ0n) is 19.3. The Labute approximate surface area is 192 Å². The summed E-state index contributed by atoms with van der Waals surface area (Å²) in [5.41, 5.74) is 2.47. The second-order valence-corrected chi connectivity index (χ2v) is 10.4. The fraction of sp³-hybridized carbons (Fsp3) is 0.458. The van der Waals surface area contributed by atoms with Crippen molar-refractivity contribution in [1.82, 2.24) is 15.1 Å². The Kier molecular flexibility index (Phi) is 8.28. The highest BCUT2D eigenvalue weighted by molar-refractivity contribution is 7.92. The van der Waals surface area contributed by atoms with Crippen LogP contribution in [0.15, 0.2) is 53.4 Å². The summed E-state index contributed by atoms with van der Waals surface area (Å²) in [6.45, 7) is 9.26. The van der Waals surface area contributed by atoms with Gasteiger partial charge in [0.15, 0.2) is 0 Å². The number of hydrogen-bond donors (Lipinski definition) is 1. The molecule has 174 valence electrons. The maximum Gasteiger partial charge on any atom is 0.264 e. The quantitative estimate of drug-likeness (QED) is 0.584. The van der Waals surface area contributed by atoms with E-state index in [0.29, 0.717) is 12.2 Å². The minimum atomic E-state index is -3.87. The van der Waals surface area contributed by atoms with Crippen molar-refractivity contribution < 1.29 is 13.2 Å². The van der Waals surface area contributed by atoms with Crippen molar-refractivity contribution in [2.24, 2.45) is 0 Å². The number of sulfonamides is 1. The van der Waals surface area contributed by atoms with E-state index in [1.807, 2.05) is 26.0 Å². The van der Waals surface area contributed by atoms with Crippen LogP contribution in [0.2, 0.25) is 0 Å². The topological polar surface area (TPSA) is 73.0 Å². The molecule has 0 aliphatic carbocycles. The molecule has 8 heteroatoms. The van der Waals surface area contributed by atoms with E-state index in [9.17, 15) is 13.2 Å². The Hall–Kier alpha value is -2.42. The highest BCUT2D eigenvalue weighted by atomic mass is 32.2. The van der Waals surface area contributed by atoms with Crippen molar-refractivity contribution in [1.29, 1.82) is 0 Å². The van der Waals surface area contributed by atoms with E-state index >= 15 is 0 Å². The summed E-state index contributed by atoms with van der Waals surface area (Å²) in [6.07, 6.45) is 0.838. The molecule has 0 atom stereocenters. The number of amides is 1. The molecule has 0 saturated carbocycles. The number of piperazine rings is 1. The molecule has 0 aromatic heterocycles. The minimum absolute atomic E-state index is 0.173. The molecule has 32 heavy (non-hydrogen) atoms. The molecule has 3 rings (SSSR count). The number of anilines is 1. The molecule has 1 amide bonds. The number of nitrogens with one attached hydrogen (secondary N) is 1. The van der Waals surface area contributed by atoms with E-state index < -0.39 is 10.0 Å². The molecular formula is C24H34N4O3S. The zero-order chi connectivity index (χ0) is 23.1. The van der Waals surface area contributed by atoms with Crippen molar-refractivity contribution in [2.45, 2.75) is 25.2 Å². The van der Waals surface area contributed by atoms with E-state index in [1.54, 1.807) is 36.4 Å². The first-order valence-electron chi connectivity index (χ1n) is 11.1. The van der Waals surface area contributed by atoms with Gasteiger partial charge in [-0.1, -0.05) is 35.4 Å². The van der Waals surface area contributed by atoms with Gasteiger partial charge in [0, 0.05) is 32.7 Å². The number of carbonyl (C=O) groups excluding carboxylic acids is 1. The van der Waals surface area contributed by atoms with Crippen molar-refractivity contribution in [3.05, 3.63) is 59.7 Å². The van der Waals surface area contributed by atoms with E-state index in [4.69, 9.17) is 0 Å². The minimum Gasteiger partial charge on any atom is -0.354 e. The number of carbonyl (C=O) groups is 1. The molecule has 7 nitrogen and oxygen atoms in total. The average molecular weight is 459 g/mol. The van der Waals surface area contributed by atoms with Gasteiger partial charge in [0.05, 0.1) is 10.6 Å². The van der Waals surface area contributed by atoms with Crippen LogP contribution < -0.4 is 9.62 Å². The first-order chi connectivity index (χ1) is 15.3. The van der Waals surface area contributed by atoms with E-state index in [1.165, 1.54) is 4.31 Å². The predicted molar refractivity (Wildman–Crippen MR) is 128 cm³/mol. The molecule has 2 aromatic rings. The third-order valence-corrected chi connectivity index (χ3v) is 7.58. The first kappa shape index (κ1) is 24.2. The number of aryl methyl sites for hydroxylation is 2. The Morgan fingerprint density at radius 2 is 1.50 bits per heavy atom. The average Bonchev–Trinajstić information content (AvgIpc) is 2.77. The Bertz CT molecular complexity index is 983. The Balaban J connectivity index is 1.64. The maximum absolute atomic E-state index is 13.4. The van der Waals surface area contributed by atoms with Crippen LogP contribution in [0, 0.1) is 13.8 Å². The summed E-state index contributed by atoms with van der Waals surface area (Å²) in [5.74, 6) is -0.306. The molecule has 1 N–H and O–H groups in total. The molecule has 0 bridgehead atoms. The van der Waals surface area contributed by atoms with Crippen LogP contribution in [0.4, 0.5) is 5.69 Å². The molecular weight excluding hydrogens is 424 g/mol. The molecule has 0 unspecified atom stereocenters. The van der Waals surface area contributed by atoms with Gasteiger partial charge in [-0.2, -0.15) is 0 Å². The lowest BCUT2D eigenvalue weighted by Gasteiger charge is -2.32. The third-order valence-electron chi connectivity index (χ3n) is 5.79. The summed E-state index contributed by atoms with van der Waals surface area (Å²) in [7, 11) is -1.75. The molecule has 0 spiro atoms. The van der Waals surface area contributed by atoms with Gasteiger partial charge in [-0.25, -0.2) is 8.42 Å². The SMILES string of the molecule is Cc1ccc(N(CC(=O)NCCCN2CCN(C)CC2)S(=O)(=O)c2ccc(C)cc2)cc1. The van der Waals surface area contributed by atoms with Crippen molar-refractivity contribution >= 4 is 21.6 Å². The van der Waals surface area contributed by atoms with Gasteiger partial charge in [0.25, 0.3) is 10.0 Å². The summed E-state index contributed by atoms with van der Waals surface area (Å²) in [4.78, 5) is 17.6. The van der Waals surface area contributed by atoms with Crippen LogP contribution in [0.5, 0.6) is 0 Å².